The minimum Gasteiger partial charge on any atom is -0.481 e. The molecule has 0 N–H and O–H groups in total. The summed E-state index contributed by atoms with van der Waals surface area (Å²) in [7, 11) is 0. The molecule has 0 saturated heterocycles. The second-order valence-electron chi connectivity index (χ2n) is 9.07. The average Bonchev–Trinajstić information content (AvgIpc) is 2.83. The number of ether oxygens (including phenoxy) is 1. The first-order valence-corrected chi connectivity index (χ1v) is 11.9. The van der Waals surface area contributed by atoms with Gasteiger partial charge in [-0.3, -0.25) is 0 Å². The van der Waals surface area contributed by atoms with Gasteiger partial charge >= 0.3 is 6.18 Å². The highest BCUT2D eigenvalue weighted by molar-refractivity contribution is 5.89. The van der Waals surface area contributed by atoms with Crippen LogP contribution in [0.25, 0.3) is 21.9 Å². The molecule has 0 spiro atoms. The van der Waals surface area contributed by atoms with Crippen LogP contribution < -0.4 is 4.74 Å². The third kappa shape index (κ3) is 6.11. The fourth-order valence-corrected chi connectivity index (χ4v) is 4.66. The smallest absolute Gasteiger partial charge is 0.422 e. The van der Waals surface area contributed by atoms with Crippen molar-refractivity contribution in [2.45, 2.75) is 51.6 Å². The van der Waals surface area contributed by atoms with Gasteiger partial charge < -0.3 is 4.74 Å². The molecule has 0 radical (unpaired) electrons. The maximum absolute atomic E-state index is 14.6. The van der Waals surface area contributed by atoms with Gasteiger partial charge in [-0.05, 0) is 72.4 Å². The highest BCUT2D eigenvalue weighted by Gasteiger charge is 2.29. The van der Waals surface area contributed by atoms with Crippen LogP contribution in [0.3, 0.4) is 0 Å². The van der Waals surface area contributed by atoms with Crippen LogP contribution in [0.4, 0.5) is 17.6 Å². The van der Waals surface area contributed by atoms with E-state index in [0.717, 1.165) is 22.6 Å². The maximum Gasteiger partial charge on any atom is 0.422 e. The Hall–Kier alpha value is -3.00. The van der Waals surface area contributed by atoms with Gasteiger partial charge in [-0.1, -0.05) is 61.9 Å². The van der Waals surface area contributed by atoms with Gasteiger partial charge in [0.05, 0.1) is 0 Å². The second kappa shape index (κ2) is 10.5. The normalized spacial score (nSPS) is 18.4. The molecule has 0 aromatic heterocycles. The van der Waals surface area contributed by atoms with Gasteiger partial charge in [0.2, 0.25) is 0 Å². The number of halogens is 4. The third-order valence-corrected chi connectivity index (χ3v) is 6.49. The predicted octanol–water partition coefficient (Wildman–Crippen LogP) is 8.55. The van der Waals surface area contributed by atoms with Crippen molar-refractivity contribution in [3.8, 4) is 28.7 Å². The molecule has 1 nitrogen and oxygen atoms in total. The Balaban J connectivity index is 1.44. The zero-order chi connectivity index (χ0) is 24.1. The Bertz CT molecular complexity index is 1180. The summed E-state index contributed by atoms with van der Waals surface area (Å²) in [5, 5.41) is 0.816. The van der Waals surface area contributed by atoms with Gasteiger partial charge in [0.1, 0.15) is 0 Å². The molecule has 0 aliphatic heterocycles. The summed E-state index contributed by atoms with van der Waals surface area (Å²) in [6.45, 7) is 0.724. The van der Waals surface area contributed by atoms with Crippen molar-refractivity contribution in [1.82, 2.24) is 0 Å². The lowest BCUT2D eigenvalue weighted by molar-refractivity contribution is -0.153. The second-order valence-corrected chi connectivity index (χ2v) is 9.07. The SMILES string of the molecule is CCCC1CCC(C#Cc2ccc(-c3ccc4c(F)c(OCC(F)(F)F)ccc4c3)cc2)CC1. The van der Waals surface area contributed by atoms with E-state index in [0.29, 0.717) is 11.3 Å². The molecule has 1 aliphatic carbocycles. The molecule has 0 atom stereocenters. The van der Waals surface area contributed by atoms with E-state index in [4.69, 9.17) is 0 Å². The Kier molecular flexibility index (Phi) is 7.46. The molecular formula is C29H28F4O. The van der Waals surface area contributed by atoms with Crippen LogP contribution in [0.5, 0.6) is 5.75 Å². The highest BCUT2D eigenvalue weighted by Crippen LogP contribution is 2.32. The molecule has 1 saturated carbocycles. The van der Waals surface area contributed by atoms with Crippen LogP contribution in [0.1, 0.15) is 51.0 Å². The van der Waals surface area contributed by atoms with Gasteiger partial charge in [-0.2, -0.15) is 13.2 Å². The number of benzene rings is 3. The van der Waals surface area contributed by atoms with Crippen LogP contribution in [-0.2, 0) is 0 Å². The quantitative estimate of drug-likeness (QED) is 0.269. The summed E-state index contributed by atoms with van der Waals surface area (Å²) < 4.78 is 56.4. The van der Waals surface area contributed by atoms with E-state index in [1.807, 2.05) is 30.3 Å². The van der Waals surface area contributed by atoms with E-state index in [2.05, 4.69) is 23.5 Å². The van der Waals surface area contributed by atoms with E-state index < -0.39 is 24.3 Å². The molecule has 3 aromatic rings. The van der Waals surface area contributed by atoms with E-state index in [1.165, 1.54) is 44.6 Å². The molecule has 5 heteroatoms. The fourth-order valence-electron chi connectivity index (χ4n) is 4.66. The molecule has 0 heterocycles. The van der Waals surface area contributed by atoms with Gasteiger partial charge in [0.15, 0.2) is 18.2 Å². The zero-order valence-corrected chi connectivity index (χ0v) is 19.2. The first-order valence-electron chi connectivity index (χ1n) is 11.9. The average molecular weight is 469 g/mol. The summed E-state index contributed by atoms with van der Waals surface area (Å²) >= 11 is 0. The lowest BCUT2D eigenvalue weighted by Crippen LogP contribution is -2.19. The molecule has 0 bridgehead atoms. The van der Waals surface area contributed by atoms with Gasteiger partial charge in [-0.15, -0.1) is 0 Å². The first-order chi connectivity index (χ1) is 16.3. The van der Waals surface area contributed by atoms with E-state index in [-0.39, 0.29) is 5.39 Å². The van der Waals surface area contributed by atoms with Crippen molar-refractivity contribution >= 4 is 10.8 Å². The standard InChI is InChI=1S/C29H28F4O/c1-2-3-20-4-6-21(7-5-20)8-9-22-10-12-23(13-11-22)24-14-16-26-25(18-24)15-17-27(28(26)30)34-19-29(31,32)33/h10-18,20-21H,2-7,19H2,1H3. The monoisotopic (exact) mass is 468 g/mol. The summed E-state index contributed by atoms with van der Waals surface area (Å²) in [5.74, 6) is 6.91. The van der Waals surface area contributed by atoms with Crippen molar-refractivity contribution in [3.05, 3.63) is 66.0 Å². The molecule has 1 fully saturated rings. The number of hydrogen-bond donors (Lipinski definition) is 0. The van der Waals surface area contributed by atoms with Crippen molar-refractivity contribution in [3.63, 3.8) is 0 Å². The van der Waals surface area contributed by atoms with E-state index in [9.17, 15) is 17.6 Å². The van der Waals surface area contributed by atoms with Gasteiger partial charge in [0.25, 0.3) is 0 Å². The largest absolute Gasteiger partial charge is 0.481 e. The topological polar surface area (TPSA) is 9.23 Å². The van der Waals surface area contributed by atoms with Crippen molar-refractivity contribution in [2.75, 3.05) is 6.61 Å². The first kappa shape index (κ1) is 24.1. The van der Waals surface area contributed by atoms with Crippen LogP contribution in [0.2, 0.25) is 0 Å². The molecule has 34 heavy (non-hydrogen) atoms. The molecule has 1 aliphatic rings. The molecule has 0 unspecified atom stereocenters. The molecular weight excluding hydrogens is 440 g/mol. The van der Waals surface area contributed by atoms with Gasteiger partial charge in [0, 0.05) is 16.9 Å². The maximum atomic E-state index is 14.6. The van der Waals surface area contributed by atoms with Crippen LogP contribution in [0.15, 0.2) is 54.6 Å². The lowest BCUT2D eigenvalue weighted by Gasteiger charge is -2.25. The fraction of sp³-hybridized carbons (Fsp3) is 0.379. The van der Waals surface area contributed by atoms with E-state index in [1.54, 1.807) is 18.2 Å². The Morgan fingerprint density at radius 2 is 1.62 bits per heavy atom. The minimum atomic E-state index is -4.52. The Labute approximate surface area is 198 Å². The Morgan fingerprint density at radius 1 is 0.912 bits per heavy atom. The van der Waals surface area contributed by atoms with Crippen LogP contribution >= 0.6 is 0 Å². The Morgan fingerprint density at radius 3 is 2.29 bits per heavy atom. The van der Waals surface area contributed by atoms with Crippen molar-refractivity contribution < 1.29 is 22.3 Å². The zero-order valence-electron chi connectivity index (χ0n) is 19.2. The van der Waals surface area contributed by atoms with Crippen LogP contribution in [0, 0.1) is 29.5 Å². The molecule has 178 valence electrons. The minimum absolute atomic E-state index is 0.222. The number of hydrogen-bond acceptors (Lipinski definition) is 1. The van der Waals surface area contributed by atoms with Gasteiger partial charge in [-0.25, -0.2) is 4.39 Å². The summed E-state index contributed by atoms with van der Waals surface area (Å²) in [4.78, 5) is 0. The van der Waals surface area contributed by atoms with Crippen LogP contribution in [-0.4, -0.2) is 12.8 Å². The van der Waals surface area contributed by atoms with Crippen molar-refractivity contribution in [2.24, 2.45) is 11.8 Å². The molecule has 0 amide bonds. The lowest BCUT2D eigenvalue weighted by atomic mass is 9.80. The number of alkyl halides is 3. The number of fused-ring (bicyclic) bond motifs is 1. The predicted molar refractivity (Wildman–Crippen MR) is 128 cm³/mol. The molecule has 4 rings (SSSR count). The molecule has 3 aromatic carbocycles. The number of rotatable bonds is 5. The summed E-state index contributed by atoms with van der Waals surface area (Å²) in [6.07, 6.45) is 3.01. The van der Waals surface area contributed by atoms with Crippen molar-refractivity contribution in [1.29, 1.82) is 0 Å². The summed E-state index contributed by atoms with van der Waals surface area (Å²) in [5.41, 5.74) is 2.83. The third-order valence-electron chi connectivity index (χ3n) is 6.49. The highest BCUT2D eigenvalue weighted by atomic mass is 19.4. The van der Waals surface area contributed by atoms with E-state index >= 15 is 0 Å². The summed E-state index contributed by atoms with van der Waals surface area (Å²) in [6, 6.07) is 15.9.